The fourth-order valence-electron chi connectivity index (χ4n) is 8.75. The molecule has 0 radical (unpaired) electrons. The zero-order valence-corrected chi connectivity index (χ0v) is 37.9. The van der Waals surface area contributed by atoms with Crippen LogP contribution < -0.4 is 5.11 Å². The first kappa shape index (κ1) is 48.9. The number of carboxylic acids is 1. The number of rotatable bonds is 25. The predicted molar refractivity (Wildman–Crippen MR) is 244 cm³/mol. The monoisotopic (exact) mass is 903 g/mol. The Bertz CT molecular complexity index is 2100. The molecule has 66 heavy (non-hydrogen) atoms. The zero-order chi connectivity index (χ0) is 46.1. The average molecular weight is 904 g/mol. The van der Waals surface area contributed by atoms with Gasteiger partial charge in [-0.2, -0.15) is 0 Å². The highest BCUT2D eigenvalue weighted by molar-refractivity contribution is 5.70. The maximum absolute atomic E-state index is 13.0. The summed E-state index contributed by atoms with van der Waals surface area (Å²) in [6.45, 7) is 8.91. The molecule has 12 heteroatoms. The summed E-state index contributed by atoms with van der Waals surface area (Å²) in [5.41, 5.74) is 3.95. The summed E-state index contributed by atoms with van der Waals surface area (Å²) < 4.78 is 58.9. The van der Waals surface area contributed by atoms with E-state index in [1.807, 2.05) is 141 Å². The highest BCUT2D eigenvalue weighted by atomic mass is 16.8. The van der Waals surface area contributed by atoms with Crippen molar-refractivity contribution in [2.24, 2.45) is 5.92 Å². The van der Waals surface area contributed by atoms with Gasteiger partial charge in [0.25, 0.3) is 0 Å². The highest BCUT2D eigenvalue weighted by Gasteiger charge is 2.57. The molecule has 3 fully saturated rings. The number of carbonyl (C=O) groups is 2. The van der Waals surface area contributed by atoms with Crippen LogP contribution in [0.5, 0.6) is 0 Å². The van der Waals surface area contributed by atoms with Crippen molar-refractivity contribution in [2.45, 2.75) is 140 Å². The van der Waals surface area contributed by atoms with Crippen molar-refractivity contribution in [3.05, 3.63) is 168 Å². The number of hydrogen-bond acceptors (Lipinski definition) is 12. The number of benzene rings is 4. The Morgan fingerprint density at radius 2 is 1.14 bits per heavy atom. The Morgan fingerprint density at radius 3 is 1.65 bits per heavy atom. The van der Waals surface area contributed by atoms with E-state index in [2.05, 4.69) is 18.7 Å². The van der Waals surface area contributed by atoms with Crippen molar-refractivity contribution in [2.75, 3.05) is 6.61 Å². The Morgan fingerprint density at radius 1 is 0.636 bits per heavy atom. The summed E-state index contributed by atoms with van der Waals surface area (Å²) in [5, 5.41) is 11.1. The number of hydrogen-bond donors (Lipinski definition) is 0. The molecule has 0 spiro atoms. The predicted octanol–water partition coefficient (Wildman–Crippen LogP) is 7.96. The van der Waals surface area contributed by atoms with Gasteiger partial charge in [-0.15, -0.1) is 6.58 Å². The van der Waals surface area contributed by atoms with Crippen LogP contribution in [-0.4, -0.2) is 79.5 Å². The van der Waals surface area contributed by atoms with Crippen molar-refractivity contribution < 1.29 is 57.3 Å². The molecule has 4 aromatic rings. The van der Waals surface area contributed by atoms with Crippen LogP contribution >= 0.6 is 0 Å². The van der Waals surface area contributed by atoms with Gasteiger partial charge >= 0.3 is 5.97 Å². The molecule has 0 bridgehead atoms. The van der Waals surface area contributed by atoms with Crippen LogP contribution in [0.15, 0.2) is 146 Å². The SMILES string of the molecule is C=CC[C@H](C/C=C/C[C@H]1O[C@H](COC(=O)CCCC(=O)[O-])[C@@H](OCc2ccccc2)[C@H](OCc2ccccc2)[C@H]1OCc1ccccc1)[C@H]1O[C@@H]2OC(C)(C)O[C@@H]2[C@H]1OCc1ccccc1. The summed E-state index contributed by atoms with van der Waals surface area (Å²) in [6, 6.07) is 39.7. The fraction of sp³-hybridized carbons (Fsp3) is 0.444. The smallest absolute Gasteiger partial charge is 0.305 e. The van der Waals surface area contributed by atoms with Crippen molar-refractivity contribution in [1.82, 2.24) is 0 Å². The molecule has 3 aliphatic rings. The van der Waals surface area contributed by atoms with Crippen molar-refractivity contribution in [3.8, 4) is 0 Å². The molecule has 0 N–H and O–H groups in total. The highest BCUT2D eigenvalue weighted by Crippen LogP contribution is 2.43. The van der Waals surface area contributed by atoms with Gasteiger partial charge in [0.05, 0.1) is 38.6 Å². The van der Waals surface area contributed by atoms with E-state index in [4.69, 9.17) is 42.6 Å². The maximum atomic E-state index is 13.0. The quantitative estimate of drug-likeness (QED) is 0.0471. The molecule has 7 rings (SSSR count). The van der Waals surface area contributed by atoms with Crippen LogP contribution in [0.3, 0.4) is 0 Å². The van der Waals surface area contributed by atoms with Gasteiger partial charge in [-0.05, 0) is 74.1 Å². The second-order valence-electron chi connectivity index (χ2n) is 17.5. The standard InChI is InChI=1S/C54H64O12/c1-4-20-42(47-50(61-35-40-25-13-7-14-26-40)52-53(64-47)66-54(2,3)65-52)29-17-18-30-43-48(59-33-38-21-9-5-10-22-38)51(62-36-41-27-15-8-16-28-41)49(60-34-39-23-11-6-12-24-39)44(63-43)37-58-46(57)32-19-31-45(55)56/h4-18,21-28,42-44,47-53H,1,19-20,29-37H2,2-3H3,(H,55,56)/p-1/b18-17+/t42-,43-,44-,47-,48+,49-,50+,51-,52-,53-/m1/s1. The zero-order valence-electron chi connectivity index (χ0n) is 37.9. The summed E-state index contributed by atoms with van der Waals surface area (Å²) in [5.74, 6) is -2.58. The third-order valence-corrected chi connectivity index (χ3v) is 12.0. The molecular weight excluding hydrogens is 841 g/mol. The Balaban J connectivity index is 1.14. The first-order valence-electron chi connectivity index (χ1n) is 23.1. The third-order valence-electron chi connectivity index (χ3n) is 12.0. The molecule has 3 saturated heterocycles. The second-order valence-corrected chi connectivity index (χ2v) is 17.5. The van der Waals surface area contributed by atoms with E-state index in [0.29, 0.717) is 25.9 Å². The minimum atomic E-state index is -1.22. The lowest BCUT2D eigenvalue weighted by atomic mass is 9.89. The van der Waals surface area contributed by atoms with Crippen molar-refractivity contribution in [3.63, 3.8) is 0 Å². The molecule has 0 aromatic heterocycles. The molecule has 3 aliphatic heterocycles. The number of fused-ring (bicyclic) bond motifs is 1. The van der Waals surface area contributed by atoms with Gasteiger partial charge in [0.1, 0.15) is 43.2 Å². The molecule has 352 valence electrons. The van der Waals surface area contributed by atoms with Crippen LogP contribution in [-0.2, 0) is 78.6 Å². The van der Waals surface area contributed by atoms with Gasteiger partial charge in [-0.1, -0.05) is 140 Å². The van der Waals surface area contributed by atoms with Gasteiger partial charge in [-0.3, -0.25) is 4.79 Å². The minimum absolute atomic E-state index is 0.0142. The summed E-state index contributed by atoms with van der Waals surface area (Å²) in [4.78, 5) is 24.0. The summed E-state index contributed by atoms with van der Waals surface area (Å²) in [6.07, 6.45) is 2.62. The van der Waals surface area contributed by atoms with Crippen molar-refractivity contribution in [1.29, 1.82) is 0 Å². The summed E-state index contributed by atoms with van der Waals surface area (Å²) in [7, 11) is 0. The van der Waals surface area contributed by atoms with Gasteiger partial charge in [-0.25, -0.2) is 0 Å². The molecule has 0 aliphatic carbocycles. The Kier molecular flexibility index (Phi) is 18.3. The largest absolute Gasteiger partial charge is 0.550 e. The molecule has 0 amide bonds. The Hall–Kier alpha value is -5.02. The van der Waals surface area contributed by atoms with Gasteiger partial charge < -0.3 is 52.5 Å². The third kappa shape index (κ3) is 14.2. The van der Waals surface area contributed by atoms with E-state index in [-0.39, 0.29) is 63.8 Å². The fourth-order valence-corrected chi connectivity index (χ4v) is 8.75. The van der Waals surface area contributed by atoms with Gasteiger partial charge in [0.15, 0.2) is 12.1 Å². The molecule has 4 aromatic carbocycles. The molecule has 10 atom stereocenters. The molecule has 0 unspecified atom stereocenters. The molecule has 3 heterocycles. The normalized spacial score (nSPS) is 26.2. The Labute approximate surface area is 388 Å². The van der Waals surface area contributed by atoms with E-state index < -0.39 is 60.6 Å². The van der Waals surface area contributed by atoms with E-state index in [9.17, 15) is 14.7 Å². The van der Waals surface area contributed by atoms with Crippen LogP contribution in [0.2, 0.25) is 0 Å². The van der Waals surface area contributed by atoms with E-state index in [1.54, 1.807) is 0 Å². The lowest BCUT2D eigenvalue weighted by Gasteiger charge is -2.46. The van der Waals surface area contributed by atoms with Gasteiger partial charge in [0, 0.05) is 12.4 Å². The average Bonchev–Trinajstić information content (AvgIpc) is 3.81. The van der Waals surface area contributed by atoms with Gasteiger partial charge in [0.2, 0.25) is 0 Å². The van der Waals surface area contributed by atoms with E-state index >= 15 is 0 Å². The lowest BCUT2D eigenvalue weighted by Crippen LogP contribution is -2.61. The number of allylic oxidation sites excluding steroid dienone is 2. The number of esters is 1. The number of carbonyl (C=O) groups excluding carboxylic acids is 2. The van der Waals surface area contributed by atoms with Crippen LogP contribution in [0.25, 0.3) is 0 Å². The first-order valence-corrected chi connectivity index (χ1v) is 23.1. The second kappa shape index (κ2) is 24.7. The van der Waals surface area contributed by atoms with Crippen molar-refractivity contribution >= 4 is 11.9 Å². The number of aliphatic carboxylic acids is 1. The first-order chi connectivity index (χ1) is 32.2. The topological polar surface area (TPSA) is 140 Å². The number of carboxylic acid groups (broad SMARTS) is 1. The number of ether oxygens (including phenoxy) is 9. The minimum Gasteiger partial charge on any atom is -0.550 e. The van der Waals surface area contributed by atoms with E-state index in [0.717, 1.165) is 22.3 Å². The van der Waals surface area contributed by atoms with E-state index in [1.165, 1.54) is 0 Å². The van der Waals surface area contributed by atoms with Crippen LogP contribution in [0, 0.1) is 5.92 Å². The molecule has 0 saturated carbocycles. The molecular formula is C54H63O12-. The summed E-state index contributed by atoms with van der Waals surface area (Å²) >= 11 is 0. The molecule has 12 nitrogen and oxygen atoms in total. The lowest BCUT2D eigenvalue weighted by molar-refractivity contribution is -0.305. The maximum Gasteiger partial charge on any atom is 0.305 e. The van der Waals surface area contributed by atoms with Crippen LogP contribution in [0.1, 0.15) is 74.6 Å². The van der Waals surface area contributed by atoms with Crippen LogP contribution in [0.4, 0.5) is 0 Å².